The lowest BCUT2D eigenvalue weighted by Gasteiger charge is -2.18. The third kappa shape index (κ3) is 3.49. The molecule has 0 bridgehead atoms. The van der Waals surface area contributed by atoms with Crippen LogP contribution in [-0.2, 0) is 6.54 Å². The van der Waals surface area contributed by atoms with Crippen LogP contribution in [0.5, 0.6) is 5.75 Å². The van der Waals surface area contributed by atoms with Gasteiger partial charge in [0.05, 0.1) is 19.2 Å². The highest BCUT2D eigenvalue weighted by atomic mass is 127. The Balaban J connectivity index is 2.02. The maximum absolute atomic E-state index is 13.4. The van der Waals surface area contributed by atoms with Crippen molar-refractivity contribution in [3.63, 3.8) is 0 Å². The minimum atomic E-state index is -0.126. The lowest BCUT2D eigenvalue weighted by atomic mass is 9.99. The van der Waals surface area contributed by atoms with E-state index >= 15 is 0 Å². The van der Waals surface area contributed by atoms with Gasteiger partial charge in [0.25, 0.3) is 5.56 Å². The zero-order chi connectivity index (χ0) is 19.7. The van der Waals surface area contributed by atoms with Gasteiger partial charge >= 0.3 is 0 Å². The van der Waals surface area contributed by atoms with Crippen LogP contribution >= 0.6 is 38.5 Å². The lowest BCUT2D eigenvalue weighted by molar-refractivity contribution is 0.407. The fourth-order valence-corrected chi connectivity index (χ4v) is 4.25. The summed E-state index contributed by atoms with van der Waals surface area (Å²) in [5, 5.41) is 0.993. The fourth-order valence-electron chi connectivity index (χ4n) is 3.43. The van der Waals surface area contributed by atoms with Crippen LogP contribution in [0.1, 0.15) is 5.56 Å². The molecular weight excluding hydrogens is 529 g/mol. The third-order valence-electron chi connectivity index (χ3n) is 4.75. The van der Waals surface area contributed by atoms with Crippen LogP contribution in [-0.4, -0.2) is 11.7 Å². The Morgan fingerprint density at radius 1 is 0.964 bits per heavy atom. The van der Waals surface area contributed by atoms with Crippen LogP contribution < -0.4 is 10.3 Å². The van der Waals surface area contributed by atoms with Crippen LogP contribution in [0.25, 0.3) is 22.0 Å². The Bertz CT molecular complexity index is 1220. The van der Waals surface area contributed by atoms with E-state index in [0.717, 1.165) is 35.6 Å². The number of benzene rings is 3. The number of rotatable bonds is 4. The van der Waals surface area contributed by atoms with Crippen LogP contribution in [0.3, 0.4) is 0 Å². The third-order valence-corrected chi connectivity index (χ3v) is 6.34. The SMILES string of the molecule is COc1c(-c2ccc(Br)cc2)c2ccccc2n(Cc2ccccc2I)c1=O. The van der Waals surface area contributed by atoms with E-state index in [-0.39, 0.29) is 5.56 Å². The number of hydrogen-bond acceptors (Lipinski definition) is 2. The van der Waals surface area contributed by atoms with Gasteiger partial charge in [-0.2, -0.15) is 0 Å². The number of nitrogens with zero attached hydrogens (tertiary/aromatic N) is 1. The van der Waals surface area contributed by atoms with Crippen LogP contribution in [0.4, 0.5) is 0 Å². The summed E-state index contributed by atoms with van der Waals surface area (Å²) in [5.74, 6) is 0.368. The Morgan fingerprint density at radius 3 is 2.36 bits per heavy atom. The maximum Gasteiger partial charge on any atom is 0.294 e. The molecule has 5 heteroatoms. The number of aromatic nitrogens is 1. The standard InChI is InChI=1S/C23H17BrINO2/c1-28-22-21(15-10-12-17(24)13-11-15)18-7-3-5-9-20(18)26(23(22)27)14-16-6-2-4-8-19(16)25/h2-13H,14H2,1H3. The van der Waals surface area contributed by atoms with Crippen LogP contribution in [0.2, 0.25) is 0 Å². The number of pyridine rings is 1. The summed E-state index contributed by atoms with van der Waals surface area (Å²) in [4.78, 5) is 13.4. The molecule has 0 aliphatic rings. The Hall–Kier alpha value is -2.12. The summed E-state index contributed by atoms with van der Waals surface area (Å²) >= 11 is 5.78. The van der Waals surface area contributed by atoms with E-state index in [9.17, 15) is 4.79 Å². The summed E-state index contributed by atoms with van der Waals surface area (Å²) < 4.78 is 9.55. The second-order valence-corrected chi connectivity index (χ2v) is 8.49. The van der Waals surface area contributed by atoms with Crippen molar-refractivity contribution in [1.82, 2.24) is 4.57 Å². The number of para-hydroxylation sites is 1. The predicted molar refractivity (Wildman–Crippen MR) is 126 cm³/mol. The second kappa shape index (κ2) is 8.09. The van der Waals surface area contributed by atoms with Gasteiger partial charge in [0.15, 0.2) is 5.75 Å². The number of hydrogen-bond donors (Lipinski definition) is 0. The highest BCUT2D eigenvalue weighted by Crippen LogP contribution is 2.35. The maximum atomic E-state index is 13.4. The average Bonchev–Trinajstić information content (AvgIpc) is 2.72. The van der Waals surface area contributed by atoms with Gasteiger partial charge in [0.1, 0.15) is 0 Å². The van der Waals surface area contributed by atoms with E-state index in [1.54, 1.807) is 11.7 Å². The van der Waals surface area contributed by atoms with Gasteiger partial charge in [-0.25, -0.2) is 0 Å². The van der Waals surface area contributed by atoms with Gasteiger partial charge in [-0.1, -0.05) is 64.5 Å². The van der Waals surface area contributed by atoms with E-state index in [1.807, 2.05) is 60.7 Å². The van der Waals surface area contributed by atoms with Crippen molar-refractivity contribution in [2.75, 3.05) is 7.11 Å². The molecule has 28 heavy (non-hydrogen) atoms. The summed E-state index contributed by atoms with van der Waals surface area (Å²) in [6.07, 6.45) is 0. The highest BCUT2D eigenvalue weighted by molar-refractivity contribution is 14.1. The molecule has 0 fully saturated rings. The minimum absolute atomic E-state index is 0.126. The van der Waals surface area contributed by atoms with E-state index in [0.29, 0.717) is 12.3 Å². The molecule has 0 saturated carbocycles. The first-order valence-corrected chi connectivity index (χ1v) is 10.7. The van der Waals surface area contributed by atoms with Gasteiger partial charge in [0.2, 0.25) is 0 Å². The minimum Gasteiger partial charge on any atom is -0.491 e. The van der Waals surface area contributed by atoms with Crippen molar-refractivity contribution in [1.29, 1.82) is 0 Å². The second-order valence-electron chi connectivity index (χ2n) is 6.41. The van der Waals surface area contributed by atoms with E-state index in [1.165, 1.54) is 0 Å². The van der Waals surface area contributed by atoms with Gasteiger partial charge in [-0.15, -0.1) is 0 Å². The Morgan fingerprint density at radius 2 is 1.64 bits per heavy atom. The van der Waals surface area contributed by atoms with Gasteiger partial charge in [0, 0.05) is 19.0 Å². The molecule has 4 rings (SSSR count). The van der Waals surface area contributed by atoms with Crippen molar-refractivity contribution in [2.24, 2.45) is 0 Å². The number of halogens is 2. The van der Waals surface area contributed by atoms with Gasteiger partial charge < -0.3 is 9.30 Å². The zero-order valence-corrected chi connectivity index (χ0v) is 18.9. The fraction of sp³-hybridized carbons (Fsp3) is 0.0870. The molecule has 0 aliphatic carbocycles. The number of ether oxygens (including phenoxy) is 1. The van der Waals surface area contributed by atoms with Crippen molar-refractivity contribution >= 4 is 49.4 Å². The molecule has 4 aromatic rings. The smallest absolute Gasteiger partial charge is 0.294 e. The van der Waals surface area contributed by atoms with E-state index in [4.69, 9.17) is 4.74 Å². The predicted octanol–water partition coefficient (Wildman–Crippen LogP) is 6.09. The topological polar surface area (TPSA) is 31.2 Å². The van der Waals surface area contributed by atoms with Crippen molar-refractivity contribution in [3.05, 3.63) is 96.8 Å². The molecule has 0 radical (unpaired) electrons. The monoisotopic (exact) mass is 545 g/mol. The van der Waals surface area contributed by atoms with Crippen LogP contribution in [0.15, 0.2) is 82.1 Å². The molecule has 0 aliphatic heterocycles. The van der Waals surface area contributed by atoms with Gasteiger partial charge in [-0.05, 0) is 58.0 Å². The summed E-state index contributed by atoms with van der Waals surface area (Å²) in [7, 11) is 1.56. The number of methoxy groups -OCH3 is 1. The summed E-state index contributed by atoms with van der Waals surface area (Å²) in [5.41, 5.74) is 3.66. The molecule has 0 saturated heterocycles. The molecule has 3 nitrogen and oxygen atoms in total. The molecule has 140 valence electrons. The molecule has 1 heterocycles. The average molecular weight is 546 g/mol. The quantitative estimate of drug-likeness (QED) is 0.290. The Kier molecular flexibility index (Phi) is 5.55. The summed E-state index contributed by atoms with van der Waals surface area (Å²) in [6.45, 7) is 0.495. The molecule has 3 aromatic carbocycles. The van der Waals surface area contributed by atoms with Crippen LogP contribution in [0, 0.1) is 3.57 Å². The van der Waals surface area contributed by atoms with Gasteiger partial charge in [-0.3, -0.25) is 4.79 Å². The first-order chi connectivity index (χ1) is 13.6. The molecule has 0 spiro atoms. The van der Waals surface area contributed by atoms with Crippen molar-refractivity contribution < 1.29 is 4.74 Å². The molecular formula is C23H17BrINO2. The molecule has 0 amide bonds. The first-order valence-electron chi connectivity index (χ1n) is 8.79. The molecule has 0 N–H and O–H groups in total. The highest BCUT2D eigenvalue weighted by Gasteiger charge is 2.19. The zero-order valence-electron chi connectivity index (χ0n) is 15.2. The largest absolute Gasteiger partial charge is 0.491 e. The lowest BCUT2D eigenvalue weighted by Crippen LogP contribution is -2.23. The number of fused-ring (bicyclic) bond motifs is 1. The summed E-state index contributed by atoms with van der Waals surface area (Å²) in [6, 6.07) is 24.0. The Labute approximate surface area is 185 Å². The van der Waals surface area contributed by atoms with Crippen molar-refractivity contribution in [2.45, 2.75) is 6.54 Å². The van der Waals surface area contributed by atoms with E-state index in [2.05, 4.69) is 50.7 Å². The van der Waals surface area contributed by atoms with E-state index < -0.39 is 0 Å². The molecule has 0 unspecified atom stereocenters. The molecule has 0 atom stereocenters. The van der Waals surface area contributed by atoms with Crippen molar-refractivity contribution in [3.8, 4) is 16.9 Å². The normalized spacial score (nSPS) is 11.0. The molecule has 1 aromatic heterocycles. The first kappa shape index (κ1) is 19.2.